The highest BCUT2D eigenvalue weighted by molar-refractivity contribution is 5.97. The Morgan fingerprint density at radius 2 is 0.883 bits per heavy atom. The Morgan fingerprint density at radius 3 is 1.55 bits per heavy atom. The van der Waals surface area contributed by atoms with E-state index in [1.165, 1.54) is 88.6 Å². The molecule has 7 aromatic carbocycles. The standard InChI is InChI=1S/C56H43N3O/c1-2-13-38(14-3-1)39-15-10-17-41(30-39)52-57-53(59-54(58-52)55-32-35-27-36(33-55)29-37(28-35)34-55)42-18-11-16-40(31-42)43-20-12-24-48-51(43)44-19-4-5-21-45(44)56(48)46-22-6-8-25-49(46)60-50-26-9-7-23-47(50)56/h1-26,30-31,35-37H,27-29,32-34H2. The van der Waals surface area contributed by atoms with Gasteiger partial charge in [0, 0.05) is 27.7 Å². The van der Waals surface area contributed by atoms with Crippen LogP contribution in [-0.4, -0.2) is 15.0 Å². The molecule has 0 unspecified atom stereocenters. The van der Waals surface area contributed by atoms with Crippen molar-refractivity contribution in [2.24, 2.45) is 17.8 Å². The van der Waals surface area contributed by atoms with Crippen LogP contribution in [0.2, 0.25) is 0 Å². The Morgan fingerprint density at radius 1 is 0.400 bits per heavy atom. The predicted molar refractivity (Wildman–Crippen MR) is 239 cm³/mol. The summed E-state index contributed by atoms with van der Waals surface area (Å²) in [5, 5.41) is 0. The molecule has 0 atom stereocenters. The summed E-state index contributed by atoms with van der Waals surface area (Å²) >= 11 is 0. The second-order valence-electron chi connectivity index (χ2n) is 18.1. The maximum atomic E-state index is 6.61. The van der Waals surface area contributed by atoms with Gasteiger partial charge in [-0.15, -0.1) is 0 Å². The van der Waals surface area contributed by atoms with Gasteiger partial charge in [0.05, 0.1) is 5.41 Å². The summed E-state index contributed by atoms with van der Waals surface area (Å²) in [4.78, 5) is 16.3. The van der Waals surface area contributed by atoms with Gasteiger partial charge >= 0.3 is 0 Å². The molecule has 1 spiro atoms. The van der Waals surface area contributed by atoms with Crippen LogP contribution in [0.3, 0.4) is 0 Å². The monoisotopic (exact) mass is 773 g/mol. The number of para-hydroxylation sites is 2. The van der Waals surface area contributed by atoms with Crippen molar-refractivity contribution in [2.45, 2.75) is 49.4 Å². The van der Waals surface area contributed by atoms with Crippen LogP contribution < -0.4 is 4.74 Å². The zero-order valence-electron chi connectivity index (χ0n) is 33.4. The molecule has 8 aromatic rings. The number of hydrogen-bond acceptors (Lipinski definition) is 4. The third kappa shape index (κ3) is 5.00. The van der Waals surface area contributed by atoms with Gasteiger partial charge in [-0.3, -0.25) is 0 Å². The number of nitrogens with zero attached hydrogens (tertiary/aromatic N) is 3. The van der Waals surface area contributed by atoms with Crippen molar-refractivity contribution in [3.8, 4) is 67.7 Å². The van der Waals surface area contributed by atoms with Crippen molar-refractivity contribution in [3.63, 3.8) is 0 Å². The third-order valence-electron chi connectivity index (χ3n) is 14.7. The van der Waals surface area contributed by atoms with E-state index in [0.717, 1.165) is 63.4 Å². The van der Waals surface area contributed by atoms with E-state index in [1.807, 2.05) is 0 Å². The predicted octanol–water partition coefficient (Wildman–Crippen LogP) is 13.5. The SMILES string of the molecule is c1ccc(-c2cccc(-c3nc(-c4cccc(-c5cccc6c5-c5ccccc5C65c6ccccc6Oc6ccccc65)c4)nc(C45CC6CC(CC(C6)C4)C5)n3)c2)cc1. The van der Waals surface area contributed by atoms with E-state index in [4.69, 9.17) is 19.7 Å². The first-order valence-electron chi connectivity index (χ1n) is 21.8. The minimum Gasteiger partial charge on any atom is -0.457 e. The van der Waals surface area contributed by atoms with E-state index in [9.17, 15) is 0 Å². The molecule has 0 N–H and O–H groups in total. The number of ether oxygens (including phenoxy) is 1. The molecular weight excluding hydrogens is 731 g/mol. The number of aromatic nitrogens is 3. The molecule has 14 rings (SSSR count). The maximum absolute atomic E-state index is 6.61. The minimum absolute atomic E-state index is 0.0183. The van der Waals surface area contributed by atoms with Crippen LogP contribution >= 0.6 is 0 Å². The zero-order chi connectivity index (χ0) is 39.4. The Hall–Kier alpha value is -6.65. The highest BCUT2D eigenvalue weighted by Gasteiger charge is 2.54. The largest absolute Gasteiger partial charge is 0.457 e. The third-order valence-corrected chi connectivity index (χ3v) is 14.7. The molecule has 60 heavy (non-hydrogen) atoms. The van der Waals surface area contributed by atoms with Gasteiger partial charge in [-0.25, -0.2) is 15.0 Å². The summed E-state index contributed by atoms with van der Waals surface area (Å²) in [5.74, 6) is 6.69. The summed E-state index contributed by atoms with van der Waals surface area (Å²) in [5.41, 5.74) is 13.7. The second kappa shape index (κ2) is 12.9. The first-order chi connectivity index (χ1) is 29.6. The van der Waals surface area contributed by atoms with Crippen LogP contribution in [0.5, 0.6) is 11.5 Å². The van der Waals surface area contributed by atoms with Gasteiger partial charge in [0.2, 0.25) is 0 Å². The summed E-state index contributed by atoms with van der Waals surface area (Å²) in [6, 6.07) is 61.3. The average molecular weight is 774 g/mol. The fourth-order valence-corrected chi connectivity index (χ4v) is 12.7. The highest BCUT2D eigenvalue weighted by Crippen LogP contribution is 2.64. The lowest BCUT2D eigenvalue weighted by molar-refractivity contribution is -0.00938. The molecule has 4 saturated carbocycles. The molecule has 1 aliphatic heterocycles. The first-order valence-corrected chi connectivity index (χ1v) is 21.8. The molecule has 0 radical (unpaired) electrons. The quantitative estimate of drug-likeness (QED) is 0.175. The first kappa shape index (κ1) is 34.2. The maximum Gasteiger partial charge on any atom is 0.163 e. The number of rotatable bonds is 5. The molecule has 0 saturated heterocycles. The summed E-state index contributed by atoms with van der Waals surface area (Å²) in [6.45, 7) is 0. The average Bonchev–Trinajstić information content (AvgIpc) is 3.59. The lowest BCUT2D eigenvalue weighted by Gasteiger charge is -2.56. The van der Waals surface area contributed by atoms with Crippen molar-refractivity contribution in [2.75, 3.05) is 0 Å². The molecule has 4 bridgehead atoms. The van der Waals surface area contributed by atoms with E-state index in [1.54, 1.807) is 0 Å². The fraction of sp³-hybridized carbons (Fsp3) is 0.196. The van der Waals surface area contributed by atoms with Crippen LogP contribution in [-0.2, 0) is 10.8 Å². The fourth-order valence-electron chi connectivity index (χ4n) is 12.7. The van der Waals surface area contributed by atoms with Gasteiger partial charge in [-0.2, -0.15) is 0 Å². The number of hydrogen-bond donors (Lipinski definition) is 0. The van der Waals surface area contributed by atoms with Crippen molar-refractivity contribution in [1.29, 1.82) is 0 Å². The molecule has 4 nitrogen and oxygen atoms in total. The molecule has 4 heteroatoms. The number of benzene rings is 7. The van der Waals surface area contributed by atoms with Crippen LogP contribution in [0.15, 0.2) is 170 Å². The topological polar surface area (TPSA) is 47.9 Å². The molecule has 1 aromatic heterocycles. The Kier molecular flexibility index (Phi) is 7.37. The van der Waals surface area contributed by atoms with Crippen molar-refractivity contribution in [1.82, 2.24) is 15.0 Å². The van der Waals surface area contributed by atoms with Crippen LogP contribution in [0, 0.1) is 17.8 Å². The Labute approximate surface area is 351 Å². The van der Waals surface area contributed by atoms with Crippen LogP contribution in [0.1, 0.15) is 66.6 Å². The van der Waals surface area contributed by atoms with Crippen molar-refractivity contribution in [3.05, 3.63) is 198 Å². The Bertz CT molecular complexity index is 2940. The molecule has 5 aliphatic carbocycles. The summed E-state index contributed by atoms with van der Waals surface area (Å²) in [7, 11) is 0. The van der Waals surface area contributed by atoms with Crippen molar-refractivity contribution >= 4 is 0 Å². The lowest BCUT2D eigenvalue weighted by Crippen LogP contribution is -2.49. The summed E-state index contributed by atoms with van der Waals surface area (Å²) < 4.78 is 6.61. The molecule has 2 heterocycles. The van der Waals surface area contributed by atoms with Gasteiger partial charge in [-0.05, 0) is 125 Å². The van der Waals surface area contributed by atoms with E-state index >= 15 is 0 Å². The summed E-state index contributed by atoms with van der Waals surface area (Å²) in [6.07, 6.45) is 7.71. The van der Waals surface area contributed by atoms with E-state index < -0.39 is 5.41 Å². The lowest BCUT2D eigenvalue weighted by atomic mass is 9.49. The molecule has 4 fully saturated rings. The van der Waals surface area contributed by atoms with Gasteiger partial charge in [-0.1, -0.05) is 146 Å². The minimum atomic E-state index is -0.519. The second-order valence-corrected chi connectivity index (χ2v) is 18.1. The van der Waals surface area contributed by atoms with E-state index in [2.05, 4.69) is 170 Å². The zero-order valence-corrected chi connectivity index (χ0v) is 33.4. The smallest absolute Gasteiger partial charge is 0.163 e. The molecular formula is C56H43N3O. The van der Waals surface area contributed by atoms with Crippen molar-refractivity contribution < 1.29 is 4.74 Å². The molecule has 0 amide bonds. The Balaban J connectivity index is 0.991. The molecule has 6 aliphatic rings. The van der Waals surface area contributed by atoms with Gasteiger partial charge in [0.25, 0.3) is 0 Å². The number of fused-ring (bicyclic) bond motifs is 9. The van der Waals surface area contributed by atoms with Gasteiger partial charge in [0.1, 0.15) is 17.3 Å². The van der Waals surface area contributed by atoms with E-state index in [0.29, 0.717) is 0 Å². The highest BCUT2D eigenvalue weighted by atomic mass is 16.5. The van der Waals surface area contributed by atoms with Crippen LogP contribution in [0.4, 0.5) is 0 Å². The van der Waals surface area contributed by atoms with Gasteiger partial charge < -0.3 is 4.74 Å². The molecule has 288 valence electrons. The van der Waals surface area contributed by atoms with E-state index in [-0.39, 0.29) is 5.41 Å². The normalized spacial score (nSPS) is 22.1. The van der Waals surface area contributed by atoms with Gasteiger partial charge in [0.15, 0.2) is 11.6 Å². The van der Waals surface area contributed by atoms with Crippen LogP contribution in [0.25, 0.3) is 56.2 Å².